The highest BCUT2D eigenvalue weighted by Crippen LogP contribution is 2.31. The van der Waals surface area contributed by atoms with Crippen molar-refractivity contribution in [2.24, 2.45) is 0 Å². The van der Waals surface area contributed by atoms with E-state index in [2.05, 4.69) is 10.1 Å². The lowest BCUT2D eigenvalue weighted by atomic mass is 10.3. The first-order valence-corrected chi connectivity index (χ1v) is 11.4. The van der Waals surface area contributed by atoms with Crippen LogP contribution in [0, 0.1) is 11.3 Å². The van der Waals surface area contributed by atoms with Gasteiger partial charge in [-0.15, -0.1) is 0 Å². The number of carbonyl (C=O) groups is 1. The maximum absolute atomic E-state index is 13.4. The molecule has 2 heterocycles. The third-order valence-corrected chi connectivity index (χ3v) is 7.82. The standard InChI is InChI=1S/C16H17F2N5O5S2/c1-4-9(2)29(25,26)16-12(7-19)14(15(17)18)21-23(16)13-6-5-11(8-20-13)30(27,28)22-10(3)24/h5-6,8-9,15H,4H2,1-3H3,(H,22,24). The first kappa shape index (κ1) is 23.4. The number of nitrogens with zero attached hydrogens (tertiary/aromatic N) is 4. The van der Waals surface area contributed by atoms with Gasteiger partial charge in [-0.25, -0.2) is 40.0 Å². The summed E-state index contributed by atoms with van der Waals surface area (Å²) in [6.45, 7) is 3.92. The lowest BCUT2D eigenvalue weighted by Crippen LogP contribution is -2.28. The van der Waals surface area contributed by atoms with Gasteiger partial charge in [0.15, 0.2) is 20.7 Å². The van der Waals surface area contributed by atoms with Crippen LogP contribution in [-0.4, -0.2) is 42.8 Å². The lowest BCUT2D eigenvalue weighted by molar-refractivity contribution is -0.117. The van der Waals surface area contributed by atoms with Crippen molar-refractivity contribution in [1.29, 1.82) is 5.26 Å². The fraction of sp³-hybridized carbons (Fsp3) is 0.375. The van der Waals surface area contributed by atoms with Crippen molar-refractivity contribution in [1.82, 2.24) is 19.5 Å². The second-order valence-electron chi connectivity index (χ2n) is 6.17. The van der Waals surface area contributed by atoms with Crippen LogP contribution in [0.2, 0.25) is 0 Å². The van der Waals surface area contributed by atoms with E-state index in [0.717, 1.165) is 25.3 Å². The van der Waals surface area contributed by atoms with Gasteiger partial charge in [0.25, 0.3) is 16.4 Å². The summed E-state index contributed by atoms with van der Waals surface area (Å²) in [5, 5.41) is 11.1. The Morgan fingerprint density at radius 3 is 2.37 bits per heavy atom. The predicted octanol–water partition coefficient (Wildman–Crippen LogP) is 1.47. The molecule has 0 aromatic carbocycles. The van der Waals surface area contributed by atoms with Crippen LogP contribution < -0.4 is 4.72 Å². The maximum Gasteiger partial charge on any atom is 0.283 e. The van der Waals surface area contributed by atoms with Gasteiger partial charge in [-0.05, 0) is 25.5 Å². The van der Waals surface area contributed by atoms with E-state index >= 15 is 0 Å². The zero-order valence-corrected chi connectivity index (χ0v) is 17.6. The van der Waals surface area contributed by atoms with Crippen molar-refractivity contribution < 1.29 is 30.4 Å². The van der Waals surface area contributed by atoms with Crippen LogP contribution in [0.25, 0.3) is 5.82 Å². The topological polar surface area (TPSA) is 152 Å². The molecule has 0 spiro atoms. The smallest absolute Gasteiger partial charge is 0.274 e. The van der Waals surface area contributed by atoms with Gasteiger partial charge >= 0.3 is 0 Å². The van der Waals surface area contributed by atoms with Crippen LogP contribution in [0.1, 0.15) is 44.9 Å². The number of rotatable bonds is 7. The Hall–Kier alpha value is -2.92. The number of hydrogen-bond acceptors (Lipinski definition) is 8. The molecular weight excluding hydrogens is 444 g/mol. The number of sulfone groups is 1. The summed E-state index contributed by atoms with van der Waals surface area (Å²) in [4.78, 5) is 14.4. The Balaban J connectivity index is 2.74. The monoisotopic (exact) mass is 461 g/mol. The van der Waals surface area contributed by atoms with Crippen molar-refractivity contribution in [3.8, 4) is 11.9 Å². The molecule has 0 aliphatic heterocycles. The van der Waals surface area contributed by atoms with E-state index in [9.17, 15) is 35.7 Å². The molecule has 0 saturated heterocycles. The molecular formula is C16H17F2N5O5S2. The normalized spacial score (nSPS) is 13.1. The molecule has 0 aliphatic carbocycles. The number of nitrogens with one attached hydrogen (secondary N) is 1. The average Bonchev–Trinajstić information content (AvgIpc) is 3.07. The van der Waals surface area contributed by atoms with Gasteiger partial charge in [0.05, 0.1) is 5.25 Å². The summed E-state index contributed by atoms with van der Waals surface area (Å²) < 4.78 is 78.8. The summed E-state index contributed by atoms with van der Waals surface area (Å²) in [6, 6.07) is 3.48. The van der Waals surface area contributed by atoms with Crippen molar-refractivity contribution in [3.05, 3.63) is 29.6 Å². The zero-order chi connectivity index (χ0) is 22.9. The number of aromatic nitrogens is 3. The highest BCUT2D eigenvalue weighted by atomic mass is 32.2. The van der Waals surface area contributed by atoms with Crippen LogP contribution in [0.5, 0.6) is 0 Å². The number of sulfonamides is 1. The highest BCUT2D eigenvalue weighted by molar-refractivity contribution is 7.92. The summed E-state index contributed by atoms with van der Waals surface area (Å²) in [7, 11) is -8.47. The van der Waals surface area contributed by atoms with E-state index in [1.54, 1.807) is 11.6 Å². The molecule has 1 amide bonds. The Bertz CT molecular complexity index is 1220. The molecule has 10 nitrogen and oxygen atoms in total. The summed E-state index contributed by atoms with van der Waals surface area (Å²) >= 11 is 0. The number of pyridine rings is 1. The molecule has 162 valence electrons. The zero-order valence-electron chi connectivity index (χ0n) is 16.0. The molecule has 14 heteroatoms. The Kier molecular flexibility index (Phi) is 6.57. The number of amides is 1. The van der Waals surface area contributed by atoms with Gasteiger partial charge in [-0.2, -0.15) is 10.4 Å². The molecule has 0 saturated carbocycles. The molecule has 30 heavy (non-hydrogen) atoms. The first-order valence-electron chi connectivity index (χ1n) is 8.41. The molecule has 0 fully saturated rings. The number of halogens is 2. The lowest BCUT2D eigenvalue weighted by Gasteiger charge is -2.13. The molecule has 1 unspecified atom stereocenters. The summed E-state index contributed by atoms with van der Waals surface area (Å²) in [6.07, 6.45) is -2.29. The SMILES string of the molecule is CCC(C)S(=O)(=O)c1c(C#N)c(C(F)F)nn1-c1ccc(S(=O)(=O)NC(C)=O)cn1. The van der Waals surface area contributed by atoms with E-state index in [1.807, 2.05) is 0 Å². The predicted molar refractivity (Wildman–Crippen MR) is 99.0 cm³/mol. The van der Waals surface area contributed by atoms with Gasteiger partial charge in [0.1, 0.15) is 22.2 Å². The minimum Gasteiger partial charge on any atom is -0.274 e. The molecule has 2 rings (SSSR count). The average molecular weight is 461 g/mol. The Morgan fingerprint density at radius 1 is 1.30 bits per heavy atom. The molecule has 2 aromatic rings. The van der Waals surface area contributed by atoms with Crippen LogP contribution in [0.15, 0.2) is 28.3 Å². The second-order valence-corrected chi connectivity index (χ2v) is 10.1. The Morgan fingerprint density at radius 2 is 1.93 bits per heavy atom. The van der Waals surface area contributed by atoms with Crippen molar-refractivity contribution >= 4 is 25.8 Å². The van der Waals surface area contributed by atoms with Crippen LogP contribution in [0.3, 0.4) is 0 Å². The number of hydrogen-bond donors (Lipinski definition) is 1. The van der Waals surface area contributed by atoms with Gasteiger partial charge in [0, 0.05) is 13.1 Å². The highest BCUT2D eigenvalue weighted by Gasteiger charge is 2.35. The van der Waals surface area contributed by atoms with E-state index in [-0.39, 0.29) is 12.2 Å². The third kappa shape index (κ3) is 4.31. The quantitative estimate of drug-likeness (QED) is 0.651. The third-order valence-electron chi connectivity index (χ3n) is 4.09. The summed E-state index contributed by atoms with van der Waals surface area (Å²) in [5.41, 5.74) is -1.84. The van der Waals surface area contributed by atoms with Crippen molar-refractivity contribution in [2.45, 2.75) is 48.8 Å². The van der Waals surface area contributed by atoms with Crippen LogP contribution in [0.4, 0.5) is 8.78 Å². The molecule has 0 bridgehead atoms. The summed E-state index contributed by atoms with van der Waals surface area (Å²) in [5.74, 6) is -1.14. The second kappa shape index (κ2) is 8.44. The maximum atomic E-state index is 13.4. The van der Waals surface area contributed by atoms with E-state index in [0.29, 0.717) is 4.68 Å². The molecule has 1 atom stereocenters. The van der Waals surface area contributed by atoms with Crippen molar-refractivity contribution in [2.75, 3.05) is 0 Å². The van der Waals surface area contributed by atoms with Gasteiger partial charge < -0.3 is 0 Å². The van der Waals surface area contributed by atoms with Crippen LogP contribution in [-0.2, 0) is 24.7 Å². The van der Waals surface area contributed by atoms with Gasteiger partial charge in [-0.1, -0.05) is 6.92 Å². The molecule has 0 aliphatic rings. The first-order chi connectivity index (χ1) is 13.9. The van der Waals surface area contributed by atoms with Gasteiger partial charge in [0.2, 0.25) is 5.91 Å². The number of carbonyl (C=O) groups excluding carboxylic acids is 1. The largest absolute Gasteiger partial charge is 0.283 e. The number of nitriles is 1. The molecule has 1 N–H and O–H groups in total. The van der Waals surface area contributed by atoms with Crippen molar-refractivity contribution in [3.63, 3.8) is 0 Å². The van der Waals surface area contributed by atoms with E-state index in [4.69, 9.17) is 0 Å². The van der Waals surface area contributed by atoms with Gasteiger partial charge in [-0.3, -0.25) is 4.79 Å². The fourth-order valence-electron chi connectivity index (χ4n) is 2.41. The minimum atomic E-state index is -4.25. The van der Waals surface area contributed by atoms with E-state index < -0.39 is 58.6 Å². The Labute approximate surface area is 171 Å². The fourth-order valence-corrected chi connectivity index (χ4v) is 4.97. The minimum absolute atomic E-state index is 0.143. The number of alkyl halides is 2. The van der Waals surface area contributed by atoms with E-state index in [1.165, 1.54) is 13.0 Å². The van der Waals surface area contributed by atoms with Crippen LogP contribution >= 0.6 is 0 Å². The molecule has 0 radical (unpaired) electrons. The molecule has 2 aromatic heterocycles.